The van der Waals surface area contributed by atoms with Gasteiger partial charge in [0.1, 0.15) is 0 Å². The summed E-state index contributed by atoms with van der Waals surface area (Å²) in [6.45, 7) is 5.63. The fourth-order valence-corrected chi connectivity index (χ4v) is 3.53. The zero-order chi connectivity index (χ0) is 11.8. The smallest absolute Gasteiger partial charge is 0.334 e. The molecule has 3 rings (SSSR count). The molecule has 0 aromatic carbocycles. The highest BCUT2D eigenvalue weighted by Crippen LogP contribution is 2.31. The van der Waals surface area contributed by atoms with Crippen LogP contribution in [0.4, 0.5) is 0 Å². The summed E-state index contributed by atoms with van der Waals surface area (Å²) in [5, 5.41) is 9.03. The van der Waals surface area contributed by atoms with E-state index >= 15 is 0 Å². The number of ether oxygens (including phenoxy) is 1. The van der Waals surface area contributed by atoms with Gasteiger partial charge in [0.05, 0.1) is 6.61 Å². The highest BCUT2D eigenvalue weighted by molar-refractivity contribution is 5.72. The van der Waals surface area contributed by atoms with Crippen LogP contribution in [0.1, 0.15) is 12.8 Å². The Kier molecular flexibility index (Phi) is 3.06. The van der Waals surface area contributed by atoms with Gasteiger partial charge in [-0.1, -0.05) is 0 Å². The lowest BCUT2D eigenvalue weighted by molar-refractivity contribution is -0.158. The average Bonchev–Trinajstić information content (AvgIpc) is 2.71. The van der Waals surface area contributed by atoms with Crippen molar-refractivity contribution in [1.29, 1.82) is 0 Å². The predicted molar refractivity (Wildman–Crippen MR) is 61.9 cm³/mol. The highest BCUT2D eigenvalue weighted by atomic mass is 16.5. The first-order valence-electron chi connectivity index (χ1n) is 6.55. The quantitative estimate of drug-likeness (QED) is 0.728. The zero-order valence-electron chi connectivity index (χ0n) is 10.0. The summed E-state index contributed by atoms with van der Waals surface area (Å²) in [5.41, 5.74) is 0. The number of aliphatic carboxylic acids is 1. The molecule has 0 aromatic heterocycles. The number of hydrogen-bond donors (Lipinski definition) is 1. The van der Waals surface area contributed by atoms with Crippen molar-refractivity contribution in [3.8, 4) is 0 Å². The summed E-state index contributed by atoms with van der Waals surface area (Å²) in [4.78, 5) is 15.9. The second-order valence-corrected chi connectivity index (χ2v) is 5.40. The Balaban J connectivity index is 1.65. The second kappa shape index (κ2) is 4.55. The summed E-state index contributed by atoms with van der Waals surface area (Å²) < 4.78 is 5.29. The lowest BCUT2D eigenvalue weighted by atomic mass is 9.92. The number of carboxylic acid groups (broad SMARTS) is 1. The molecule has 3 saturated heterocycles. The number of fused-ring (bicyclic) bond motifs is 2. The van der Waals surface area contributed by atoms with Crippen LogP contribution in [0.2, 0.25) is 0 Å². The lowest BCUT2D eigenvalue weighted by Crippen LogP contribution is -2.54. The van der Waals surface area contributed by atoms with Crippen LogP contribution in [0.25, 0.3) is 0 Å². The van der Waals surface area contributed by atoms with Crippen LogP contribution in [0, 0.1) is 5.92 Å². The maximum absolute atomic E-state index is 11.0. The fourth-order valence-electron chi connectivity index (χ4n) is 3.53. The van der Waals surface area contributed by atoms with Crippen molar-refractivity contribution in [2.24, 2.45) is 5.92 Å². The number of rotatable bonds is 2. The third kappa shape index (κ3) is 2.19. The fraction of sp³-hybridized carbons (Fsp3) is 0.917. The Labute approximate surface area is 101 Å². The van der Waals surface area contributed by atoms with E-state index in [4.69, 9.17) is 9.84 Å². The molecular formula is C12H20N2O3. The van der Waals surface area contributed by atoms with Gasteiger partial charge in [0.25, 0.3) is 0 Å². The van der Waals surface area contributed by atoms with Gasteiger partial charge >= 0.3 is 5.97 Å². The van der Waals surface area contributed by atoms with Crippen molar-refractivity contribution in [2.45, 2.75) is 25.0 Å². The van der Waals surface area contributed by atoms with Gasteiger partial charge in [-0.15, -0.1) is 0 Å². The molecule has 5 nitrogen and oxygen atoms in total. The van der Waals surface area contributed by atoms with Crippen molar-refractivity contribution < 1.29 is 14.6 Å². The average molecular weight is 240 g/mol. The van der Waals surface area contributed by atoms with Crippen LogP contribution in [-0.4, -0.2) is 72.4 Å². The molecule has 3 aliphatic heterocycles. The molecule has 17 heavy (non-hydrogen) atoms. The van der Waals surface area contributed by atoms with E-state index in [0.29, 0.717) is 19.2 Å². The van der Waals surface area contributed by atoms with Crippen LogP contribution in [-0.2, 0) is 9.53 Å². The van der Waals surface area contributed by atoms with Gasteiger partial charge < -0.3 is 14.7 Å². The molecule has 0 radical (unpaired) electrons. The van der Waals surface area contributed by atoms with Gasteiger partial charge in [0.15, 0.2) is 6.10 Å². The molecule has 4 unspecified atom stereocenters. The minimum atomic E-state index is -0.821. The molecule has 0 aromatic rings. The summed E-state index contributed by atoms with van der Waals surface area (Å²) in [7, 11) is 0. The monoisotopic (exact) mass is 240 g/mol. The summed E-state index contributed by atoms with van der Waals surface area (Å²) in [6.07, 6.45) is 1.85. The number of nitrogens with zero attached hydrogens (tertiary/aromatic N) is 2. The molecule has 0 amide bonds. The second-order valence-electron chi connectivity index (χ2n) is 5.40. The van der Waals surface area contributed by atoms with Gasteiger partial charge in [-0.05, 0) is 31.8 Å². The largest absolute Gasteiger partial charge is 0.479 e. The molecule has 0 aliphatic carbocycles. The molecule has 1 N–H and O–H groups in total. The Hall–Kier alpha value is -0.650. The SMILES string of the molecule is O=C(O)C1CN(C2CCN3CCC2C3)CCO1. The summed E-state index contributed by atoms with van der Waals surface area (Å²) in [5.74, 6) is -0.0742. The first-order chi connectivity index (χ1) is 8.24. The maximum Gasteiger partial charge on any atom is 0.334 e. The van der Waals surface area contributed by atoms with Gasteiger partial charge in [-0.25, -0.2) is 4.79 Å². The first kappa shape index (κ1) is 11.4. The highest BCUT2D eigenvalue weighted by Gasteiger charge is 2.39. The van der Waals surface area contributed by atoms with Gasteiger partial charge in [0.2, 0.25) is 0 Å². The Morgan fingerprint density at radius 3 is 2.82 bits per heavy atom. The first-order valence-corrected chi connectivity index (χ1v) is 6.55. The van der Waals surface area contributed by atoms with E-state index < -0.39 is 12.1 Å². The predicted octanol–water partition coefficient (Wildman–Crippen LogP) is -0.134. The molecule has 3 heterocycles. The van der Waals surface area contributed by atoms with Crippen LogP contribution in [0.3, 0.4) is 0 Å². The molecule has 0 spiro atoms. The molecule has 4 atom stereocenters. The number of piperidine rings is 1. The van der Waals surface area contributed by atoms with Crippen molar-refractivity contribution in [3.05, 3.63) is 0 Å². The Bertz CT molecular complexity index is 310. The molecular weight excluding hydrogens is 220 g/mol. The van der Waals surface area contributed by atoms with E-state index in [9.17, 15) is 4.79 Å². The molecule has 3 fully saturated rings. The molecule has 96 valence electrons. The third-order valence-corrected chi connectivity index (χ3v) is 4.44. The van der Waals surface area contributed by atoms with Crippen molar-refractivity contribution in [2.75, 3.05) is 39.3 Å². The van der Waals surface area contributed by atoms with Crippen LogP contribution in [0.15, 0.2) is 0 Å². The number of morpholine rings is 1. The summed E-state index contributed by atoms with van der Waals surface area (Å²) >= 11 is 0. The summed E-state index contributed by atoms with van der Waals surface area (Å²) in [6, 6.07) is 0.583. The standard InChI is InChI=1S/C12H20N2O3/c15-12(16)11-8-14(5-6-17-11)10-2-4-13-3-1-9(10)7-13/h9-11H,1-8H2,(H,15,16). The van der Waals surface area contributed by atoms with Crippen LogP contribution >= 0.6 is 0 Å². The van der Waals surface area contributed by atoms with Crippen LogP contribution in [0.5, 0.6) is 0 Å². The lowest BCUT2D eigenvalue weighted by Gasteiger charge is -2.42. The van der Waals surface area contributed by atoms with E-state index in [0.717, 1.165) is 12.5 Å². The van der Waals surface area contributed by atoms with E-state index in [1.165, 1.54) is 32.5 Å². The number of carboxylic acids is 1. The molecule has 3 aliphatic rings. The molecule has 5 heteroatoms. The van der Waals surface area contributed by atoms with E-state index in [2.05, 4.69) is 9.80 Å². The normalized spacial score (nSPS) is 42.6. The minimum Gasteiger partial charge on any atom is -0.479 e. The van der Waals surface area contributed by atoms with Crippen molar-refractivity contribution in [1.82, 2.24) is 9.80 Å². The van der Waals surface area contributed by atoms with E-state index in [1.807, 2.05) is 0 Å². The zero-order valence-corrected chi connectivity index (χ0v) is 10.0. The van der Waals surface area contributed by atoms with Gasteiger partial charge in [-0.3, -0.25) is 4.90 Å². The number of hydrogen-bond acceptors (Lipinski definition) is 4. The van der Waals surface area contributed by atoms with Crippen LogP contribution < -0.4 is 0 Å². The van der Waals surface area contributed by atoms with E-state index in [1.54, 1.807) is 0 Å². The topological polar surface area (TPSA) is 53.0 Å². The minimum absolute atomic E-state index is 0.559. The van der Waals surface area contributed by atoms with E-state index in [-0.39, 0.29) is 0 Å². The van der Waals surface area contributed by atoms with Gasteiger partial charge in [-0.2, -0.15) is 0 Å². The van der Waals surface area contributed by atoms with Crippen molar-refractivity contribution in [3.63, 3.8) is 0 Å². The van der Waals surface area contributed by atoms with Gasteiger partial charge in [0, 0.05) is 25.7 Å². The Morgan fingerprint density at radius 2 is 2.00 bits per heavy atom. The number of carbonyl (C=O) groups is 1. The van der Waals surface area contributed by atoms with Crippen molar-refractivity contribution >= 4 is 5.97 Å². The maximum atomic E-state index is 11.0. The molecule has 2 bridgehead atoms. The molecule has 0 saturated carbocycles. The Morgan fingerprint density at radius 1 is 1.18 bits per heavy atom. The third-order valence-electron chi connectivity index (χ3n) is 4.44.